The average molecular weight is 588 g/mol. The summed E-state index contributed by atoms with van der Waals surface area (Å²) >= 11 is 0. The van der Waals surface area contributed by atoms with Gasteiger partial charge < -0.3 is 0 Å². The molecule has 1 aliphatic rings. The van der Waals surface area contributed by atoms with Crippen LogP contribution in [0.3, 0.4) is 0 Å². The number of halogens is 8. The minimum atomic E-state index is -3.43. The predicted molar refractivity (Wildman–Crippen MR) is 50.5 cm³/mol. The van der Waals surface area contributed by atoms with Crippen molar-refractivity contribution in [3.8, 4) is 0 Å². The third-order valence-corrected chi connectivity index (χ3v) is 4.27. The molecule has 4 amide bonds. The Hall–Kier alpha value is -3.60. The Bertz CT molecular complexity index is 618. The van der Waals surface area contributed by atoms with E-state index in [0.29, 0.717) is 0 Å². The zero-order chi connectivity index (χ0) is 18.1. The van der Waals surface area contributed by atoms with Crippen molar-refractivity contribution in [1.29, 1.82) is 0 Å². The molecule has 0 aromatic carbocycles. The summed E-state index contributed by atoms with van der Waals surface area (Å²) in [5, 5.41) is -0.568. The van der Waals surface area contributed by atoms with Crippen LogP contribution in [0.25, 0.3) is 0 Å². The van der Waals surface area contributed by atoms with E-state index < -0.39 is 64.8 Å². The van der Waals surface area contributed by atoms with Crippen LogP contribution in [0.15, 0.2) is 23.9 Å². The van der Waals surface area contributed by atoms with Crippen molar-refractivity contribution in [2.75, 3.05) is 0 Å². The molecule has 0 spiro atoms. The first-order valence-corrected chi connectivity index (χ1v) is 7.40. The third kappa shape index (κ3) is 3.03. The van der Waals surface area contributed by atoms with Crippen LogP contribution >= 0.6 is 0 Å². The van der Waals surface area contributed by atoms with Crippen molar-refractivity contribution >= 4 is 24.8 Å². The van der Waals surface area contributed by atoms with Crippen LogP contribution in [0, 0.1) is 5.92 Å². The van der Waals surface area contributed by atoms with Crippen molar-refractivity contribution in [3.63, 3.8) is 0 Å². The first-order valence-electron chi connectivity index (χ1n) is 4.91. The van der Waals surface area contributed by atoms with Crippen molar-refractivity contribution in [2.24, 2.45) is 5.92 Å². The molecular weight excluding hydrogens is 587 g/mol. The summed E-state index contributed by atoms with van der Waals surface area (Å²) in [6.07, 6.45) is -6.51. The molecule has 1 saturated heterocycles. The first kappa shape index (κ1) is 17.5. The summed E-state index contributed by atoms with van der Waals surface area (Å²) in [5.74, 6) is -13.4. The van der Waals surface area contributed by atoms with Gasteiger partial charge in [-0.15, -0.1) is 0 Å². The molecule has 1 unspecified atom stereocenters. The Morgan fingerprint density at radius 2 is 1.35 bits per heavy atom. The molecule has 14 heteroatoms. The molecule has 0 N–H and O–H groups in total. The summed E-state index contributed by atoms with van der Waals surface area (Å²) in [6.45, 7) is -2.54. The van der Waals surface area contributed by atoms with Gasteiger partial charge in [0.1, 0.15) is 0 Å². The molecule has 1 rings (SSSR count). The predicted octanol–water partition coefficient (Wildman–Crippen LogP) is 2.53. The van der Waals surface area contributed by atoms with E-state index in [-0.39, 0.29) is 0 Å². The normalized spacial score (nSPS) is 17.9. The number of urea groups is 1. The Morgan fingerprint density at radius 3 is 1.74 bits per heavy atom. The van der Waals surface area contributed by atoms with Crippen molar-refractivity contribution in [3.05, 3.63) is 23.9 Å². The molecule has 131 valence electrons. The zero-order valence-electron chi connectivity index (χ0n) is 10.0. The number of hydrogen-bond donors (Lipinski definition) is 0. The third-order valence-electron chi connectivity index (χ3n) is 2.15. The summed E-state index contributed by atoms with van der Waals surface area (Å²) in [4.78, 5) is 33.5. The van der Waals surface area contributed by atoms with Gasteiger partial charge in [0.25, 0.3) is 0 Å². The number of carbonyl (C=O) groups is 3. The van der Waals surface area contributed by atoms with E-state index in [2.05, 4.69) is 0 Å². The van der Waals surface area contributed by atoms with E-state index in [1.165, 1.54) is 0 Å². The SMILES string of the molecule is O=C1C(C(F)=C(F)F)C(=O)N(C(F)=C(F)F)C(=O)[N]1[Cf]=[C](F)F. The van der Waals surface area contributed by atoms with Gasteiger partial charge in [0.15, 0.2) is 0 Å². The van der Waals surface area contributed by atoms with Crippen molar-refractivity contribution < 1.29 is 49.5 Å². The van der Waals surface area contributed by atoms with E-state index >= 15 is 0 Å². The van der Waals surface area contributed by atoms with Crippen molar-refractivity contribution in [1.82, 2.24) is 10.2 Å². The second-order valence-corrected chi connectivity index (χ2v) is 6.16. The molecule has 0 saturated carbocycles. The Kier molecular flexibility index (Phi) is 4.57. The van der Waals surface area contributed by atoms with Crippen LogP contribution in [-0.2, 0) is 9.59 Å². The van der Waals surface area contributed by atoms with E-state index in [4.69, 9.17) is 0 Å². The molecule has 0 aliphatic carbocycles. The molecule has 1 heterocycles. The number of barbiturate groups is 1. The number of imide groups is 2. The second kappa shape index (κ2) is 6.03. The van der Waals surface area contributed by atoms with Crippen LogP contribution in [0.2, 0.25) is 0 Å². The van der Waals surface area contributed by atoms with Gasteiger partial charge in [-0.2, -0.15) is 0 Å². The van der Waals surface area contributed by atoms with Gasteiger partial charge in [-0.3, -0.25) is 0 Å². The molecule has 0 bridgehead atoms. The Balaban J connectivity index is 3.58. The van der Waals surface area contributed by atoms with Gasteiger partial charge in [-0.25, -0.2) is 0 Å². The van der Waals surface area contributed by atoms with Crippen LogP contribution < -0.4 is 0 Å². The Labute approximate surface area is 115 Å². The molecule has 0 radical (unpaired) electrons. The second-order valence-electron chi connectivity index (χ2n) is 3.40. The summed E-state index contributed by atoms with van der Waals surface area (Å²) in [7, 11) is 0. The van der Waals surface area contributed by atoms with Gasteiger partial charge in [0.2, 0.25) is 0 Å². The number of rotatable bonds is 3. The molecule has 0 aromatic heterocycles. The number of nitrogens with zero attached hydrogens (tertiary/aromatic N) is 2. The van der Waals surface area contributed by atoms with E-state index in [9.17, 15) is 49.5 Å². The van der Waals surface area contributed by atoms with Gasteiger partial charge in [0, 0.05) is 0 Å². The quantitative estimate of drug-likeness (QED) is 0.290. The molecule has 1 fully saturated rings. The van der Waals surface area contributed by atoms with Gasteiger partial charge in [-0.05, 0) is 0 Å². The number of amides is 4. The first-order chi connectivity index (χ1) is 10.5. The standard InChI is InChI=1S/C8H2F6N2O3.CF2.Cf/c9-2(3(10)11)1-6(17)15-8(19)16(7(1)18)5(14)4(12)13;2-1-3;/h1H,(H,15,17,19);;/q;;+1/p-1. The fourth-order valence-corrected chi connectivity index (χ4v) is 2.91. The van der Waals surface area contributed by atoms with E-state index in [1.54, 1.807) is 0 Å². The average Bonchev–Trinajstić information content (AvgIpc) is 2.42. The molecule has 1 aliphatic heterocycles. The van der Waals surface area contributed by atoms with E-state index in [1.807, 2.05) is 0 Å². The number of hydrogen-bond acceptors (Lipinski definition) is 3. The molecule has 23 heavy (non-hydrogen) atoms. The topological polar surface area (TPSA) is 57.7 Å². The fourth-order valence-electron chi connectivity index (χ4n) is 1.32. The van der Waals surface area contributed by atoms with E-state index in [0.717, 1.165) is 0 Å². The van der Waals surface area contributed by atoms with Gasteiger partial charge in [-0.1, -0.05) is 0 Å². The Morgan fingerprint density at radius 1 is 0.826 bits per heavy atom. The molecule has 1 atom stereocenters. The van der Waals surface area contributed by atoms with Crippen LogP contribution in [0.1, 0.15) is 0 Å². The van der Waals surface area contributed by atoms with Crippen LogP contribution in [0.5, 0.6) is 0 Å². The molecule has 5 nitrogen and oxygen atoms in total. The zero-order valence-corrected chi connectivity index (χ0v) is 12.7. The van der Waals surface area contributed by atoms with Gasteiger partial charge in [0.05, 0.1) is 0 Å². The van der Waals surface area contributed by atoms with Crippen molar-refractivity contribution in [2.45, 2.75) is 0 Å². The summed E-state index contributed by atoms with van der Waals surface area (Å²) in [5.41, 5.74) is 0. The van der Waals surface area contributed by atoms with Crippen LogP contribution in [-0.4, -0.2) is 35.0 Å². The summed E-state index contributed by atoms with van der Waals surface area (Å²) in [6, 6.07) is -2.24. The number of carbonyl (C=O) groups excluding carboxylic acids is 3. The minimum absolute atomic E-state index is 0.568. The molecule has 0 aromatic rings. The molecular formula is C9HCfF8N2O3. The van der Waals surface area contributed by atoms with Crippen LogP contribution in [0.4, 0.5) is 39.9 Å². The van der Waals surface area contributed by atoms with Gasteiger partial charge >= 0.3 is 114 Å². The fraction of sp³-hybridized carbons (Fsp3) is 0.111. The monoisotopic (exact) mass is 586 g/mol. The maximum atomic E-state index is 13.2. The maximum absolute atomic E-state index is 13.2. The summed E-state index contributed by atoms with van der Waals surface area (Å²) < 4.78 is 96.3.